The molecule has 1 aliphatic heterocycles. The molecule has 0 radical (unpaired) electrons. The molecule has 2 aliphatic rings. The van der Waals surface area contributed by atoms with Crippen molar-refractivity contribution in [2.75, 3.05) is 6.54 Å². The number of carboxylic acid groups (broad SMARTS) is 1. The summed E-state index contributed by atoms with van der Waals surface area (Å²) in [5, 5.41) is 9.49. The normalized spacial score (nSPS) is 31.2. The Hall–Kier alpha value is -1.10. The Morgan fingerprint density at radius 3 is 2.60 bits per heavy atom. The number of fused-ring (bicyclic) bond motifs is 1. The average molecular weight is 282 g/mol. The lowest BCUT2D eigenvalue weighted by atomic mass is 9.81. The highest BCUT2D eigenvalue weighted by atomic mass is 16.4. The maximum Gasteiger partial charge on any atom is 0.326 e. The van der Waals surface area contributed by atoms with E-state index >= 15 is 0 Å². The molecule has 0 aromatic rings. The van der Waals surface area contributed by atoms with Crippen LogP contribution in [0.15, 0.2) is 0 Å². The number of carbonyl (C=O) groups is 2. The van der Waals surface area contributed by atoms with E-state index in [-0.39, 0.29) is 17.2 Å². The van der Waals surface area contributed by atoms with E-state index < -0.39 is 18.1 Å². The highest BCUT2D eigenvalue weighted by Crippen LogP contribution is 2.43. The second-order valence-electron chi connectivity index (χ2n) is 6.95. The Kier molecular flexibility index (Phi) is 4.09. The first kappa shape index (κ1) is 15.3. The number of aliphatic carboxylic acids is 1. The van der Waals surface area contributed by atoms with Crippen molar-refractivity contribution in [1.82, 2.24) is 4.90 Å². The summed E-state index contributed by atoms with van der Waals surface area (Å²) >= 11 is 0. The number of amides is 1. The zero-order valence-corrected chi connectivity index (χ0v) is 12.6. The lowest BCUT2D eigenvalue weighted by Crippen LogP contribution is -2.54. The summed E-state index contributed by atoms with van der Waals surface area (Å²) in [6.07, 6.45) is 3.81. The van der Waals surface area contributed by atoms with E-state index in [9.17, 15) is 14.7 Å². The fourth-order valence-corrected chi connectivity index (χ4v) is 3.58. The van der Waals surface area contributed by atoms with Gasteiger partial charge in [-0.3, -0.25) is 4.79 Å². The van der Waals surface area contributed by atoms with E-state index in [4.69, 9.17) is 5.73 Å². The van der Waals surface area contributed by atoms with E-state index in [2.05, 4.69) is 0 Å². The first-order valence-electron chi connectivity index (χ1n) is 7.58. The third-order valence-electron chi connectivity index (χ3n) is 5.45. The molecule has 1 aliphatic carbocycles. The monoisotopic (exact) mass is 282 g/mol. The minimum Gasteiger partial charge on any atom is -0.480 e. The van der Waals surface area contributed by atoms with Crippen LogP contribution in [0.1, 0.15) is 46.5 Å². The zero-order valence-electron chi connectivity index (χ0n) is 12.6. The van der Waals surface area contributed by atoms with Crippen LogP contribution in [-0.4, -0.2) is 40.5 Å². The van der Waals surface area contributed by atoms with Gasteiger partial charge in [0, 0.05) is 6.54 Å². The van der Waals surface area contributed by atoms with E-state index in [0.29, 0.717) is 12.5 Å². The molecule has 20 heavy (non-hydrogen) atoms. The van der Waals surface area contributed by atoms with Crippen LogP contribution < -0.4 is 5.73 Å². The summed E-state index contributed by atoms with van der Waals surface area (Å²) in [5.74, 6) is -0.613. The second kappa shape index (κ2) is 5.35. The average Bonchev–Trinajstić information content (AvgIpc) is 2.95. The highest BCUT2D eigenvalue weighted by Gasteiger charge is 2.51. The molecule has 1 saturated carbocycles. The first-order valence-corrected chi connectivity index (χ1v) is 7.58. The van der Waals surface area contributed by atoms with Gasteiger partial charge in [0.25, 0.3) is 0 Å². The summed E-state index contributed by atoms with van der Waals surface area (Å²) in [4.78, 5) is 25.7. The predicted octanol–water partition coefficient (Wildman–Crippen LogP) is 1.46. The lowest BCUT2D eigenvalue weighted by molar-refractivity contribution is -0.151. The molecule has 5 heteroatoms. The van der Waals surface area contributed by atoms with Gasteiger partial charge in [-0.25, -0.2) is 4.79 Å². The Morgan fingerprint density at radius 1 is 1.40 bits per heavy atom. The number of nitrogens with zero attached hydrogens (tertiary/aromatic N) is 1. The minimum absolute atomic E-state index is 0.119. The molecule has 3 N–H and O–H groups in total. The largest absolute Gasteiger partial charge is 0.480 e. The maximum absolute atomic E-state index is 12.6. The zero-order chi connectivity index (χ0) is 15.1. The van der Waals surface area contributed by atoms with Gasteiger partial charge >= 0.3 is 5.97 Å². The van der Waals surface area contributed by atoms with Gasteiger partial charge in [0.15, 0.2) is 0 Å². The number of likely N-dealkylation sites (tertiary alicyclic amines) is 1. The molecule has 0 bridgehead atoms. The summed E-state index contributed by atoms with van der Waals surface area (Å²) in [5.41, 5.74) is 5.81. The first-order chi connectivity index (χ1) is 9.29. The van der Waals surface area contributed by atoms with Crippen LogP contribution in [-0.2, 0) is 9.59 Å². The molecule has 0 aromatic carbocycles. The standard InChI is InChI=1S/C15H26N2O3/c1-4-15(2,3)12(16)13(18)17-8-9-6-5-7-10(9)11(17)14(19)20/h9-12H,4-8,16H2,1-3H3,(H,19,20)/t9-,10-,11-,12+/m0/s1. The number of rotatable bonds is 4. The molecule has 1 amide bonds. The van der Waals surface area contributed by atoms with Crippen LogP contribution >= 0.6 is 0 Å². The fourth-order valence-electron chi connectivity index (χ4n) is 3.58. The Bertz CT molecular complexity index is 408. The van der Waals surface area contributed by atoms with Crippen LogP contribution in [0.2, 0.25) is 0 Å². The van der Waals surface area contributed by atoms with Crippen molar-refractivity contribution in [2.45, 2.75) is 58.5 Å². The van der Waals surface area contributed by atoms with Gasteiger partial charge in [-0.15, -0.1) is 0 Å². The third-order valence-corrected chi connectivity index (χ3v) is 5.45. The molecule has 0 aromatic heterocycles. The topological polar surface area (TPSA) is 83.6 Å². The number of hydrogen-bond donors (Lipinski definition) is 2. The van der Waals surface area contributed by atoms with Crippen LogP contribution in [0.3, 0.4) is 0 Å². The third kappa shape index (κ3) is 2.43. The Balaban J connectivity index is 2.19. The van der Waals surface area contributed by atoms with Gasteiger partial charge in [-0.2, -0.15) is 0 Å². The summed E-state index contributed by atoms with van der Waals surface area (Å²) in [6.45, 7) is 6.49. The van der Waals surface area contributed by atoms with E-state index in [1.165, 1.54) is 0 Å². The molecular weight excluding hydrogens is 256 g/mol. The van der Waals surface area contributed by atoms with Gasteiger partial charge in [0.1, 0.15) is 6.04 Å². The van der Waals surface area contributed by atoms with E-state index in [0.717, 1.165) is 25.7 Å². The number of nitrogens with two attached hydrogens (primary N) is 1. The molecule has 5 nitrogen and oxygen atoms in total. The summed E-state index contributed by atoms with van der Waals surface area (Å²) in [6, 6.07) is -1.30. The van der Waals surface area contributed by atoms with Crippen molar-refractivity contribution in [1.29, 1.82) is 0 Å². The van der Waals surface area contributed by atoms with Gasteiger partial charge in [0.05, 0.1) is 6.04 Å². The van der Waals surface area contributed by atoms with Crippen LogP contribution in [0.25, 0.3) is 0 Å². The quantitative estimate of drug-likeness (QED) is 0.817. The number of hydrogen-bond acceptors (Lipinski definition) is 3. The molecular formula is C15H26N2O3. The number of carbonyl (C=O) groups excluding carboxylic acids is 1. The van der Waals surface area contributed by atoms with Crippen molar-refractivity contribution < 1.29 is 14.7 Å². The van der Waals surface area contributed by atoms with Crippen molar-refractivity contribution in [3.8, 4) is 0 Å². The van der Waals surface area contributed by atoms with Gasteiger partial charge < -0.3 is 15.7 Å². The molecule has 2 rings (SSSR count). The minimum atomic E-state index is -0.880. The molecule has 114 valence electrons. The van der Waals surface area contributed by atoms with Crippen molar-refractivity contribution in [3.63, 3.8) is 0 Å². The van der Waals surface area contributed by atoms with Gasteiger partial charge in [-0.1, -0.05) is 27.2 Å². The molecule has 4 atom stereocenters. The molecule has 2 fully saturated rings. The molecule has 0 unspecified atom stereocenters. The smallest absolute Gasteiger partial charge is 0.326 e. The molecule has 1 heterocycles. The second-order valence-corrected chi connectivity index (χ2v) is 6.95. The molecule has 0 spiro atoms. The predicted molar refractivity (Wildman–Crippen MR) is 76.0 cm³/mol. The van der Waals surface area contributed by atoms with Crippen LogP contribution in [0, 0.1) is 17.3 Å². The van der Waals surface area contributed by atoms with Crippen molar-refractivity contribution in [2.24, 2.45) is 23.0 Å². The Labute approximate surface area is 120 Å². The van der Waals surface area contributed by atoms with Crippen LogP contribution in [0.4, 0.5) is 0 Å². The van der Waals surface area contributed by atoms with Gasteiger partial charge in [-0.05, 0) is 36.5 Å². The number of carboxylic acids is 1. The lowest BCUT2D eigenvalue weighted by Gasteiger charge is -2.34. The van der Waals surface area contributed by atoms with Crippen molar-refractivity contribution in [3.05, 3.63) is 0 Å². The van der Waals surface area contributed by atoms with Gasteiger partial charge in [0.2, 0.25) is 5.91 Å². The van der Waals surface area contributed by atoms with Crippen molar-refractivity contribution >= 4 is 11.9 Å². The molecule has 1 saturated heterocycles. The highest BCUT2D eigenvalue weighted by molar-refractivity contribution is 5.88. The Morgan fingerprint density at radius 2 is 2.05 bits per heavy atom. The fraction of sp³-hybridized carbons (Fsp3) is 0.867. The SMILES string of the molecule is CCC(C)(C)[C@H](N)C(=O)N1C[C@@H]2CCC[C@@H]2[C@H]1C(=O)O. The van der Waals surface area contributed by atoms with E-state index in [1.54, 1.807) is 4.90 Å². The maximum atomic E-state index is 12.6. The summed E-state index contributed by atoms with van der Waals surface area (Å²) < 4.78 is 0. The van der Waals surface area contributed by atoms with E-state index in [1.807, 2.05) is 20.8 Å². The summed E-state index contributed by atoms with van der Waals surface area (Å²) in [7, 11) is 0. The van der Waals surface area contributed by atoms with Crippen LogP contribution in [0.5, 0.6) is 0 Å².